The lowest BCUT2D eigenvalue weighted by atomic mass is 9.97. The van der Waals surface area contributed by atoms with Crippen LogP contribution in [-0.4, -0.2) is 44.1 Å². The van der Waals surface area contributed by atoms with Gasteiger partial charge in [0, 0.05) is 37.1 Å². The van der Waals surface area contributed by atoms with Gasteiger partial charge in [0.05, 0.1) is 18.8 Å². The number of carbonyl (C=O) groups excluding carboxylic acids is 1. The minimum Gasteiger partial charge on any atom is -0.481 e. The molecule has 2 heterocycles. The Kier molecular flexibility index (Phi) is 11.7. The molecule has 236 valence electrons. The number of unbranched alkanes of at least 4 members (excludes halogenated alkanes) is 1. The molecule has 0 bridgehead atoms. The molecule has 45 heavy (non-hydrogen) atoms. The highest BCUT2D eigenvalue weighted by atomic mass is 32.2. The zero-order valence-electron chi connectivity index (χ0n) is 25.1. The van der Waals surface area contributed by atoms with Gasteiger partial charge < -0.3 is 25.0 Å². The van der Waals surface area contributed by atoms with Crippen molar-refractivity contribution in [3.8, 4) is 11.1 Å². The summed E-state index contributed by atoms with van der Waals surface area (Å²) in [5.41, 5.74) is 5.82. The van der Waals surface area contributed by atoms with Crippen LogP contribution in [0.15, 0.2) is 77.1 Å². The van der Waals surface area contributed by atoms with Crippen LogP contribution in [-0.2, 0) is 32.2 Å². The van der Waals surface area contributed by atoms with E-state index >= 15 is 0 Å². The molecule has 3 aromatic carbocycles. The number of nitrogens with one attached hydrogen (secondary N) is 1. The molecule has 3 N–H and O–H groups in total. The molecule has 3 atom stereocenters. The van der Waals surface area contributed by atoms with E-state index in [4.69, 9.17) is 14.6 Å². The van der Waals surface area contributed by atoms with Crippen LogP contribution in [0.1, 0.15) is 71.8 Å². The first-order chi connectivity index (χ1) is 21.9. The van der Waals surface area contributed by atoms with Gasteiger partial charge in [0.1, 0.15) is 5.01 Å². The topological polar surface area (TPSA) is 131 Å². The Morgan fingerprint density at radius 3 is 2.40 bits per heavy atom. The zero-order valence-corrected chi connectivity index (χ0v) is 26.7. The molecule has 0 aliphatic carbocycles. The van der Waals surface area contributed by atoms with Crippen LogP contribution in [0.5, 0.6) is 0 Å². The second-order valence-electron chi connectivity index (χ2n) is 10.9. The summed E-state index contributed by atoms with van der Waals surface area (Å²) in [6.45, 7) is 2.32. The number of hydrogen-bond donors (Lipinski definition) is 3. The lowest BCUT2D eigenvalue weighted by molar-refractivity contribution is -0.245. The molecule has 0 spiro atoms. The lowest BCUT2D eigenvalue weighted by Gasteiger charge is -2.36. The van der Waals surface area contributed by atoms with Crippen LogP contribution >= 0.6 is 23.1 Å². The summed E-state index contributed by atoms with van der Waals surface area (Å²) in [7, 11) is 0. The summed E-state index contributed by atoms with van der Waals surface area (Å²) in [6.07, 6.45) is 1.29. The summed E-state index contributed by atoms with van der Waals surface area (Å²) in [5, 5.41) is 30.5. The maximum atomic E-state index is 12.3. The lowest BCUT2D eigenvalue weighted by Crippen LogP contribution is -2.31. The van der Waals surface area contributed by atoms with Crippen molar-refractivity contribution in [1.82, 2.24) is 15.5 Å². The average molecular weight is 648 g/mol. The molecule has 1 aliphatic rings. The number of aromatic nitrogens is 2. The van der Waals surface area contributed by atoms with Crippen molar-refractivity contribution in [1.29, 1.82) is 0 Å². The van der Waals surface area contributed by atoms with Gasteiger partial charge in [-0.2, -0.15) is 0 Å². The summed E-state index contributed by atoms with van der Waals surface area (Å²) in [6, 6.07) is 23.9. The molecule has 4 aromatic rings. The second kappa shape index (κ2) is 16.1. The molecular formula is C34H37N3O6S2. The van der Waals surface area contributed by atoms with Crippen LogP contribution in [0.25, 0.3) is 11.1 Å². The van der Waals surface area contributed by atoms with Crippen LogP contribution < -0.4 is 5.32 Å². The summed E-state index contributed by atoms with van der Waals surface area (Å²) >= 11 is 3.21. The molecule has 0 radical (unpaired) electrons. The monoisotopic (exact) mass is 647 g/mol. The number of carboxylic acid groups (broad SMARTS) is 1. The Morgan fingerprint density at radius 1 is 0.956 bits per heavy atom. The summed E-state index contributed by atoms with van der Waals surface area (Å²) in [4.78, 5) is 23.0. The third-order valence-corrected chi connectivity index (χ3v) is 9.65. The van der Waals surface area contributed by atoms with Gasteiger partial charge in [-0.3, -0.25) is 9.59 Å². The number of carbonyl (C=O) groups is 2. The first kappa shape index (κ1) is 32.8. The van der Waals surface area contributed by atoms with Gasteiger partial charge in [-0.15, -0.1) is 10.2 Å². The minimum atomic E-state index is -0.844. The van der Waals surface area contributed by atoms with Crippen LogP contribution in [0.3, 0.4) is 0 Å². The van der Waals surface area contributed by atoms with E-state index in [-0.39, 0.29) is 31.1 Å². The number of carboxylic acids is 1. The Bertz CT molecular complexity index is 1560. The SMILES string of the molecule is Cc1nnc(SC[C@@H]2C[C@H](c3ccc(CO)cc3)O[C@H](c3ccc(-c4ccccc4CNC(=O)CCCCC(=O)O)cc3)O2)s1. The fraction of sp³-hybridized carbons (Fsp3) is 0.353. The smallest absolute Gasteiger partial charge is 0.303 e. The van der Waals surface area contributed by atoms with Crippen molar-refractivity contribution >= 4 is 35.0 Å². The number of aliphatic carboxylic acids is 1. The van der Waals surface area contributed by atoms with E-state index < -0.39 is 12.3 Å². The third-order valence-electron chi connectivity index (χ3n) is 7.55. The van der Waals surface area contributed by atoms with Crippen molar-refractivity contribution < 1.29 is 29.3 Å². The summed E-state index contributed by atoms with van der Waals surface area (Å²) in [5.74, 6) is -0.216. The second-order valence-corrected chi connectivity index (χ2v) is 13.4. The van der Waals surface area contributed by atoms with Crippen molar-refractivity contribution in [2.75, 3.05) is 5.75 Å². The van der Waals surface area contributed by atoms with E-state index in [0.29, 0.717) is 32.2 Å². The van der Waals surface area contributed by atoms with Gasteiger partial charge in [-0.1, -0.05) is 95.9 Å². The number of nitrogens with zero attached hydrogens (tertiary/aromatic N) is 2. The number of rotatable bonds is 14. The Balaban J connectivity index is 1.27. The molecule has 5 rings (SSSR count). The number of aryl methyl sites for hydroxylation is 1. The van der Waals surface area contributed by atoms with E-state index in [2.05, 4.69) is 15.5 Å². The van der Waals surface area contributed by atoms with Gasteiger partial charge >= 0.3 is 5.97 Å². The number of hydrogen-bond acceptors (Lipinski definition) is 9. The fourth-order valence-corrected chi connectivity index (χ4v) is 7.00. The van der Waals surface area contributed by atoms with E-state index in [1.54, 1.807) is 23.1 Å². The number of ether oxygens (including phenoxy) is 2. The molecular weight excluding hydrogens is 611 g/mol. The standard InChI is InChI=1S/C34H37N3O6S2/c1-22-36-37-34(45-22)44-21-28-18-30(25-12-10-23(20-38)11-13-25)43-33(42-28)26-16-14-24(15-17-26)29-7-3-2-6-27(29)19-35-31(39)8-4-5-9-32(40)41/h2-3,6-7,10-17,28,30,33,38H,4-5,8-9,18-21H2,1H3,(H,35,39)(H,40,41)/t28-,30+,33+/m0/s1. The van der Waals surface area contributed by atoms with Gasteiger partial charge in [0.15, 0.2) is 10.6 Å². The van der Waals surface area contributed by atoms with Crippen LogP contribution in [0, 0.1) is 6.92 Å². The van der Waals surface area contributed by atoms with E-state index in [9.17, 15) is 14.7 Å². The Labute approximate surface area is 271 Å². The molecule has 0 saturated carbocycles. The highest BCUT2D eigenvalue weighted by Crippen LogP contribution is 2.40. The first-order valence-electron chi connectivity index (χ1n) is 15.0. The molecule has 11 heteroatoms. The summed E-state index contributed by atoms with van der Waals surface area (Å²) < 4.78 is 13.9. The highest BCUT2D eigenvalue weighted by molar-refractivity contribution is 8.01. The largest absolute Gasteiger partial charge is 0.481 e. The van der Waals surface area contributed by atoms with E-state index in [1.807, 2.05) is 79.7 Å². The van der Waals surface area contributed by atoms with Crippen LogP contribution in [0.2, 0.25) is 0 Å². The third kappa shape index (κ3) is 9.44. The number of amides is 1. The average Bonchev–Trinajstić information content (AvgIpc) is 3.49. The van der Waals surface area contributed by atoms with E-state index in [1.165, 1.54) is 0 Å². The van der Waals surface area contributed by atoms with Crippen LogP contribution in [0.4, 0.5) is 0 Å². The van der Waals surface area contributed by atoms with Gasteiger partial charge in [-0.25, -0.2) is 0 Å². The predicted octanol–water partition coefficient (Wildman–Crippen LogP) is 6.60. The van der Waals surface area contributed by atoms with Gasteiger partial charge in [0.2, 0.25) is 5.91 Å². The van der Waals surface area contributed by atoms with Gasteiger partial charge in [0.25, 0.3) is 0 Å². The number of aliphatic hydroxyl groups excluding tert-OH is 1. The molecule has 9 nitrogen and oxygen atoms in total. The first-order valence-corrected chi connectivity index (χ1v) is 16.8. The number of aliphatic hydroxyl groups is 1. The maximum Gasteiger partial charge on any atom is 0.303 e. The molecule has 1 amide bonds. The molecule has 0 unspecified atom stereocenters. The fourth-order valence-electron chi connectivity index (χ4n) is 5.14. The highest BCUT2D eigenvalue weighted by Gasteiger charge is 2.32. The maximum absolute atomic E-state index is 12.3. The van der Waals surface area contributed by atoms with Crippen molar-refractivity contribution in [2.45, 2.75) is 75.0 Å². The Hall–Kier alpha value is -3.61. The van der Waals surface area contributed by atoms with Crippen molar-refractivity contribution in [3.05, 3.63) is 100 Å². The van der Waals surface area contributed by atoms with Crippen molar-refractivity contribution in [2.24, 2.45) is 0 Å². The molecule has 1 aliphatic heterocycles. The van der Waals surface area contributed by atoms with Gasteiger partial charge in [-0.05, 0) is 47.6 Å². The van der Waals surface area contributed by atoms with Crippen molar-refractivity contribution in [3.63, 3.8) is 0 Å². The molecule has 1 aromatic heterocycles. The Morgan fingerprint density at radius 2 is 1.69 bits per heavy atom. The van der Waals surface area contributed by atoms with E-state index in [0.717, 1.165) is 48.5 Å². The predicted molar refractivity (Wildman–Crippen MR) is 174 cm³/mol. The normalized spacial score (nSPS) is 18.0. The zero-order chi connectivity index (χ0) is 31.6. The molecule has 1 fully saturated rings. The molecule has 1 saturated heterocycles. The number of thioether (sulfide) groups is 1. The quantitative estimate of drug-likeness (QED) is 0.102. The number of benzene rings is 3. The minimum absolute atomic E-state index is 0.00544.